The van der Waals surface area contributed by atoms with Gasteiger partial charge in [-0.15, -0.1) is 0 Å². The minimum absolute atomic E-state index is 0.168. The highest BCUT2D eigenvalue weighted by Crippen LogP contribution is 2.31. The number of aliphatic carboxylic acids is 1. The van der Waals surface area contributed by atoms with Crippen LogP contribution >= 0.6 is 0 Å². The van der Waals surface area contributed by atoms with Crippen molar-refractivity contribution in [3.8, 4) is 5.75 Å². The standard InChI is InChI=1S/C11H16N2O4/c1-5-4-13-6(2)9(14)7(5)10(15)8(12-3)11(16)17/h4,8,10,12,14-15H,1-3H3,(H,16,17). The number of likely N-dealkylation sites (N-methyl/N-ethyl adjacent to an activating group) is 1. The molecule has 1 aromatic heterocycles. The van der Waals surface area contributed by atoms with E-state index in [-0.39, 0.29) is 11.3 Å². The zero-order valence-corrected chi connectivity index (χ0v) is 9.93. The fraction of sp³-hybridized carbons (Fsp3) is 0.455. The lowest BCUT2D eigenvalue weighted by molar-refractivity contribution is -0.142. The Morgan fingerprint density at radius 2 is 2.06 bits per heavy atom. The summed E-state index contributed by atoms with van der Waals surface area (Å²) in [5, 5.41) is 31.3. The first-order chi connectivity index (χ1) is 7.90. The molecule has 94 valence electrons. The molecule has 1 heterocycles. The van der Waals surface area contributed by atoms with E-state index in [0.717, 1.165) is 0 Å². The number of aromatic hydroxyl groups is 1. The van der Waals surface area contributed by atoms with Gasteiger partial charge in [-0.3, -0.25) is 9.78 Å². The van der Waals surface area contributed by atoms with E-state index >= 15 is 0 Å². The first kappa shape index (κ1) is 13.4. The number of aliphatic hydroxyl groups is 1. The van der Waals surface area contributed by atoms with Gasteiger partial charge in [0, 0.05) is 11.8 Å². The first-order valence-electron chi connectivity index (χ1n) is 5.13. The summed E-state index contributed by atoms with van der Waals surface area (Å²) in [6.07, 6.45) is 0.154. The van der Waals surface area contributed by atoms with Crippen molar-refractivity contribution in [2.24, 2.45) is 0 Å². The maximum absolute atomic E-state index is 10.9. The summed E-state index contributed by atoms with van der Waals surface area (Å²) < 4.78 is 0. The van der Waals surface area contributed by atoms with Crippen LogP contribution in [-0.4, -0.2) is 39.4 Å². The van der Waals surface area contributed by atoms with Crippen molar-refractivity contribution < 1.29 is 20.1 Å². The molecule has 1 aromatic rings. The number of pyridine rings is 1. The van der Waals surface area contributed by atoms with Crippen LogP contribution < -0.4 is 5.32 Å². The number of nitrogens with zero attached hydrogens (tertiary/aromatic N) is 1. The van der Waals surface area contributed by atoms with Crippen molar-refractivity contribution in [3.05, 3.63) is 23.0 Å². The average molecular weight is 240 g/mol. The third-order valence-corrected chi connectivity index (χ3v) is 2.66. The van der Waals surface area contributed by atoms with Crippen LogP contribution in [0.15, 0.2) is 6.20 Å². The van der Waals surface area contributed by atoms with Gasteiger partial charge in [0.1, 0.15) is 17.9 Å². The highest BCUT2D eigenvalue weighted by atomic mass is 16.4. The Morgan fingerprint density at radius 3 is 2.53 bits per heavy atom. The summed E-state index contributed by atoms with van der Waals surface area (Å²) in [6.45, 7) is 3.24. The van der Waals surface area contributed by atoms with E-state index in [2.05, 4.69) is 10.3 Å². The van der Waals surface area contributed by atoms with Crippen LogP contribution in [0.5, 0.6) is 5.75 Å². The largest absolute Gasteiger partial charge is 0.506 e. The minimum atomic E-state index is -1.33. The molecule has 0 aliphatic rings. The Hall–Kier alpha value is -1.66. The molecule has 2 unspecified atom stereocenters. The summed E-state index contributed by atoms with van der Waals surface area (Å²) in [5.41, 5.74) is 1.09. The number of carbonyl (C=O) groups is 1. The van der Waals surface area contributed by atoms with E-state index in [1.54, 1.807) is 13.8 Å². The normalized spacial score (nSPS) is 14.4. The number of nitrogens with one attached hydrogen (secondary N) is 1. The molecule has 0 saturated carbocycles. The number of rotatable bonds is 4. The van der Waals surface area contributed by atoms with Gasteiger partial charge in [0.25, 0.3) is 0 Å². The molecule has 2 atom stereocenters. The lowest BCUT2D eigenvalue weighted by Crippen LogP contribution is -2.39. The summed E-state index contributed by atoms with van der Waals surface area (Å²) in [5.74, 6) is -1.35. The van der Waals surface area contributed by atoms with Crippen LogP contribution in [0.4, 0.5) is 0 Å². The van der Waals surface area contributed by atoms with Crippen LogP contribution in [-0.2, 0) is 4.79 Å². The van der Waals surface area contributed by atoms with Crippen molar-refractivity contribution >= 4 is 5.97 Å². The molecule has 6 heteroatoms. The summed E-state index contributed by atoms with van der Waals surface area (Å²) in [7, 11) is 1.43. The molecule has 0 spiro atoms. The zero-order chi connectivity index (χ0) is 13.2. The first-order valence-corrected chi connectivity index (χ1v) is 5.13. The van der Waals surface area contributed by atoms with E-state index in [1.165, 1.54) is 13.2 Å². The van der Waals surface area contributed by atoms with E-state index in [9.17, 15) is 15.0 Å². The number of hydrogen-bond donors (Lipinski definition) is 4. The predicted octanol–water partition coefficient (Wildman–Crippen LogP) is 0.110. The average Bonchev–Trinajstić information content (AvgIpc) is 2.24. The van der Waals surface area contributed by atoms with Crippen LogP contribution in [0.1, 0.15) is 22.9 Å². The summed E-state index contributed by atoms with van der Waals surface area (Å²) in [6, 6.07) is -1.18. The Bertz CT molecular complexity index is 434. The molecular formula is C11H16N2O4. The van der Waals surface area contributed by atoms with Crippen molar-refractivity contribution in [2.75, 3.05) is 7.05 Å². The molecule has 0 bridgehead atoms. The molecule has 0 aromatic carbocycles. The van der Waals surface area contributed by atoms with Crippen LogP contribution in [0.3, 0.4) is 0 Å². The Kier molecular flexibility index (Phi) is 4.03. The number of carboxylic acid groups (broad SMARTS) is 1. The van der Waals surface area contributed by atoms with Crippen LogP contribution in [0.25, 0.3) is 0 Å². The van der Waals surface area contributed by atoms with Crippen LogP contribution in [0.2, 0.25) is 0 Å². The molecule has 4 N–H and O–H groups in total. The van der Waals surface area contributed by atoms with Gasteiger partial charge in [-0.05, 0) is 26.5 Å². The predicted molar refractivity (Wildman–Crippen MR) is 60.8 cm³/mol. The fourth-order valence-corrected chi connectivity index (χ4v) is 1.66. The second-order valence-corrected chi connectivity index (χ2v) is 3.84. The third-order valence-electron chi connectivity index (χ3n) is 2.66. The van der Waals surface area contributed by atoms with Gasteiger partial charge in [0.05, 0.1) is 5.69 Å². The zero-order valence-electron chi connectivity index (χ0n) is 9.93. The van der Waals surface area contributed by atoms with Crippen molar-refractivity contribution in [3.63, 3.8) is 0 Å². The molecule has 6 nitrogen and oxygen atoms in total. The third kappa shape index (κ3) is 2.54. The van der Waals surface area contributed by atoms with Crippen molar-refractivity contribution in [1.29, 1.82) is 0 Å². The van der Waals surface area contributed by atoms with Gasteiger partial charge >= 0.3 is 5.97 Å². The lowest BCUT2D eigenvalue weighted by Gasteiger charge is -2.21. The number of aryl methyl sites for hydroxylation is 2. The molecule has 1 rings (SSSR count). The molecule has 0 saturated heterocycles. The minimum Gasteiger partial charge on any atom is -0.506 e. The monoisotopic (exact) mass is 240 g/mol. The van der Waals surface area contributed by atoms with Gasteiger partial charge in [0.15, 0.2) is 0 Å². The maximum Gasteiger partial charge on any atom is 0.323 e. The second-order valence-electron chi connectivity index (χ2n) is 3.84. The number of aromatic nitrogens is 1. The topological polar surface area (TPSA) is 103 Å². The van der Waals surface area contributed by atoms with Crippen molar-refractivity contribution in [1.82, 2.24) is 10.3 Å². The van der Waals surface area contributed by atoms with E-state index in [4.69, 9.17) is 5.11 Å². The highest BCUT2D eigenvalue weighted by molar-refractivity contribution is 5.75. The van der Waals surface area contributed by atoms with Crippen LogP contribution in [0, 0.1) is 13.8 Å². The Balaban J connectivity index is 3.24. The summed E-state index contributed by atoms with van der Waals surface area (Å²) >= 11 is 0. The molecule has 17 heavy (non-hydrogen) atoms. The highest BCUT2D eigenvalue weighted by Gasteiger charge is 2.30. The van der Waals surface area contributed by atoms with Gasteiger partial charge < -0.3 is 20.6 Å². The fourth-order valence-electron chi connectivity index (χ4n) is 1.66. The Morgan fingerprint density at radius 1 is 1.47 bits per heavy atom. The van der Waals surface area contributed by atoms with Gasteiger partial charge in [-0.1, -0.05) is 0 Å². The molecular weight excluding hydrogens is 224 g/mol. The van der Waals surface area contributed by atoms with Crippen molar-refractivity contribution in [2.45, 2.75) is 26.0 Å². The van der Waals surface area contributed by atoms with E-state index < -0.39 is 18.1 Å². The maximum atomic E-state index is 10.9. The Labute approximate surface area is 98.9 Å². The van der Waals surface area contributed by atoms with Gasteiger partial charge in [-0.25, -0.2) is 0 Å². The number of hydrogen-bond acceptors (Lipinski definition) is 5. The lowest BCUT2D eigenvalue weighted by atomic mass is 9.97. The number of carboxylic acids is 1. The summed E-state index contributed by atoms with van der Waals surface area (Å²) in [4.78, 5) is 14.9. The molecule has 0 aliphatic carbocycles. The quantitative estimate of drug-likeness (QED) is 0.595. The SMILES string of the molecule is CNC(C(=O)O)C(O)c1c(C)cnc(C)c1O. The second kappa shape index (κ2) is 5.11. The van der Waals surface area contributed by atoms with E-state index in [1.807, 2.05) is 0 Å². The molecule has 0 amide bonds. The smallest absolute Gasteiger partial charge is 0.323 e. The van der Waals surface area contributed by atoms with E-state index in [0.29, 0.717) is 11.3 Å². The molecule has 0 aliphatic heterocycles. The number of aliphatic hydroxyl groups excluding tert-OH is 1. The molecule has 0 fully saturated rings. The molecule has 0 radical (unpaired) electrons. The van der Waals surface area contributed by atoms with Gasteiger partial charge in [-0.2, -0.15) is 0 Å². The van der Waals surface area contributed by atoms with Gasteiger partial charge in [0.2, 0.25) is 0 Å².